The summed E-state index contributed by atoms with van der Waals surface area (Å²) in [5.41, 5.74) is 14.3. The van der Waals surface area contributed by atoms with Crippen LogP contribution in [0.2, 0.25) is 0 Å². The van der Waals surface area contributed by atoms with Crippen LogP contribution in [0.3, 0.4) is 0 Å². The summed E-state index contributed by atoms with van der Waals surface area (Å²) >= 11 is 0. The number of benzene rings is 1. The van der Waals surface area contributed by atoms with E-state index in [1.54, 1.807) is 19.2 Å². The van der Waals surface area contributed by atoms with Gasteiger partial charge in [0.05, 0.1) is 12.1 Å². The Morgan fingerprint density at radius 2 is 1.70 bits per heavy atom. The molecule has 0 aliphatic carbocycles. The lowest BCUT2D eigenvalue weighted by atomic mass is 9.87. The lowest BCUT2D eigenvalue weighted by Crippen LogP contribution is -2.50. The second-order valence-electron chi connectivity index (χ2n) is 9.69. The summed E-state index contributed by atoms with van der Waals surface area (Å²) in [6.07, 6.45) is 3.68. The number of aryl methyl sites for hydroxylation is 2. The quantitative estimate of drug-likeness (QED) is 0.101. The predicted molar refractivity (Wildman–Crippen MR) is 148 cm³/mol. The molecule has 1 aromatic rings. The Bertz CT molecular complexity index is 910. The van der Waals surface area contributed by atoms with Gasteiger partial charge in [0.15, 0.2) is 11.7 Å². The number of nitrogens with one attached hydrogen (secondary N) is 3. The smallest absolute Gasteiger partial charge is 0.237 e. The van der Waals surface area contributed by atoms with Crippen LogP contribution in [0.1, 0.15) is 62.1 Å². The average Bonchev–Trinajstić information content (AvgIpc) is 2.84. The summed E-state index contributed by atoms with van der Waals surface area (Å²) in [4.78, 5) is 42.5. The first-order valence-electron chi connectivity index (χ1n) is 13.0. The minimum Gasteiger partial charge on any atom is -0.508 e. The fourth-order valence-corrected chi connectivity index (χ4v) is 4.30. The normalized spacial score (nSPS) is 14.1. The molecule has 1 amide bonds. The van der Waals surface area contributed by atoms with E-state index in [1.807, 2.05) is 20.9 Å². The van der Waals surface area contributed by atoms with Gasteiger partial charge in [-0.25, -0.2) is 0 Å². The zero-order valence-electron chi connectivity index (χ0n) is 23.0. The maximum Gasteiger partial charge on any atom is 0.237 e. The number of hydrogen-bond acceptors (Lipinski definition) is 7. The van der Waals surface area contributed by atoms with Crippen molar-refractivity contribution in [2.24, 2.45) is 22.4 Å². The summed E-state index contributed by atoms with van der Waals surface area (Å²) < 4.78 is 0. The summed E-state index contributed by atoms with van der Waals surface area (Å²) in [5, 5.41) is 18.8. The van der Waals surface area contributed by atoms with E-state index in [-0.39, 0.29) is 30.2 Å². The van der Waals surface area contributed by atoms with Crippen molar-refractivity contribution in [3.63, 3.8) is 0 Å². The number of aromatic hydroxyl groups is 1. The highest BCUT2D eigenvalue weighted by molar-refractivity contribution is 5.93. The highest BCUT2D eigenvalue weighted by Gasteiger charge is 2.28. The molecule has 8 N–H and O–H groups in total. The Morgan fingerprint density at radius 3 is 2.27 bits per heavy atom. The van der Waals surface area contributed by atoms with Crippen LogP contribution in [-0.4, -0.2) is 67.8 Å². The molecule has 0 bridgehead atoms. The number of carbonyl (C=O) groups excluding carboxylic acids is 3. The Balaban J connectivity index is 2.99. The molecule has 0 unspecified atom stereocenters. The highest BCUT2D eigenvalue weighted by atomic mass is 16.3. The Kier molecular flexibility index (Phi) is 14.5. The number of amides is 1. The maximum absolute atomic E-state index is 13.5. The van der Waals surface area contributed by atoms with Gasteiger partial charge < -0.3 is 32.5 Å². The van der Waals surface area contributed by atoms with Gasteiger partial charge in [0.1, 0.15) is 11.5 Å². The fraction of sp³-hybridized carbons (Fsp3) is 0.630. The molecule has 10 nitrogen and oxygen atoms in total. The Hall–Kier alpha value is -2.98. The van der Waals surface area contributed by atoms with E-state index in [9.17, 15) is 19.5 Å². The van der Waals surface area contributed by atoms with Crippen LogP contribution in [0.25, 0.3) is 0 Å². The standard InChI is InChI=1S/C27H46N6O4/c1-17-13-21(35)14-18(2)22(17)16-24(25(36)15-20(19(3)34)9-6-7-11-30-4)33-26(37)23(28)10-8-12-32-27(29)31-5/h13-14,20,23-24,30,35H,6-12,15-16,28H2,1-5H3,(H,33,37)(H3,29,31,32)/t20-,23-,24+/m1/s1. The molecule has 3 atom stereocenters. The zero-order valence-corrected chi connectivity index (χ0v) is 23.0. The van der Waals surface area contributed by atoms with Crippen LogP contribution in [0, 0.1) is 19.8 Å². The second-order valence-corrected chi connectivity index (χ2v) is 9.69. The lowest BCUT2D eigenvalue weighted by molar-refractivity contribution is -0.131. The SMILES string of the molecule is CN=C(N)NCCC[C@@H](N)C(=O)N[C@@H](Cc1c(C)cc(O)cc1C)C(=O)C[C@@H](CCCCNC)C(C)=O. The van der Waals surface area contributed by atoms with Crippen molar-refractivity contribution in [2.45, 2.75) is 77.8 Å². The van der Waals surface area contributed by atoms with Crippen LogP contribution < -0.4 is 27.4 Å². The van der Waals surface area contributed by atoms with Crippen LogP contribution in [0.4, 0.5) is 0 Å². The molecule has 0 saturated carbocycles. The van der Waals surface area contributed by atoms with Crippen molar-refractivity contribution < 1.29 is 19.5 Å². The van der Waals surface area contributed by atoms with Gasteiger partial charge in [-0.05, 0) is 88.9 Å². The van der Waals surface area contributed by atoms with Gasteiger partial charge in [-0.2, -0.15) is 0 Å². The van der Waals surface area contributed by atoms with Crippen molar-refractivity contribution in [3.05, 3.63) is 28.8 Å². The number of unbranched alkanes of at least 4 members (excludes halogenated alkanes) is 1. The van der Waals surface area contributed by atoms with Crippen LogP contribution >= 0.6 is 0 Å². The van der Waals surface area contributed by atoms with E-state index >= 15 is 0 Å². The van der Waals surface area contributed by atoms with Gasteiger partial charge >= 0.3 is 0 Å². The molecule has 0 radical (unpaired) electrons. The molecule has 0 heterocycles. The van der Waals surface area contributed by atoms with Gasteiger partial charge in [-0.1, -0.05) is 6.42 Å². The third-order valence-electron chi connectivity index (χ3n) is 6.62. The third kappa shape index (κ3) is 11.7. The van der Waals surface area contributed by atoms with E-state index in [0.29, 0.717) is 31.8 Å². The second kappa shape index (κ2) is 16.7. The van der Waals surface area contributed by atoms with Gasteiger partial charge in [-0.15, -0.1) is 0 Å². The first-order chi connectivity index (χ1) is 17.5. The highest BCUT2D eigenvalue weighted by Crippen LogP contribution is 2.23. The number of hydrogen-bond donors (Lipinski definition) is 6. The molecule has 37 heavy (non-hydrogen) atoms. The van der Waals surface area contributed by atoms with Crippen molar-refractivity contribution in [1.82, 2.24) is 16.0 Å². The molecule has 208 valence electrons. The number of Topliss-reactive ketones (excluding diaryl/α,β-unsaturated/α-hetero) is 2. The molecule has 10 heteroatoms. The number of carbonyl (C=O) groups is 3. The molecule has 0 saturated heterocycles. The van der Waals surface area contributed by atoms with E-state index in [1.165, 1.54) is 6.92 Å². The topological polar surface area (TPSA) is 172 Å². The molecular weight excluding hydrogens is 472 g/mol. The summed E-state index contributed by atoms with van der Waals surface area (Å²) in [6.45, 7) is 6.59. The molecule has 1 aromatic carbocycles. The van der Waals surface area contributed by atoms with E-state index < -0.39 is 23.9 Å². The molecular formula is C27H46N6O4. The number of phenols is 1. The van der Waals surface area contributed by atoms with Crippen LogP contribution in [-0.2, 0) is 20.8 Å². The molecule has 0 spiro atoms. The molecule has 0 aliphatic rings. The predicted octanol–water partition coefficient (Wildman–Crippen LogP) is 1.23. The largest absolute Gasteiger partial charge is 0.508 e. The number of aliphatic imine (C=N–C) groups is 1. The number of nitrogens with two attached hydrogens (primary N) is 2. The number of rotatable bonds is 17. The molecule has 0 fully saturated rings. The lowest BCUT2D eigenvalue weighted by Gasteiger charge is -2.24. The van der Waals surface area contributed by atoms with Gasteiger partial charge in [-0.3, -0.25) is 19.4 Å². The molecule has 0 aliphatic heterocycles. The van der Waals surface area contributed by atoms with Crippen molar-refractivity contribution in [2.75, 3.05) is 27.2 Å². The van der Waals surface area contributed by atoms with Gasteiger partial charge in [0, 0.05) is 32.4 Å². The number of ketones is 2. The third-order valence-corrected chi connectivity index (χ3v) is 6.62. The average molecular weight is 519 g/mol. The van der Waals surface area contributed by atoms with Crippen LogP contribution in [0.5, 0.6) is 5.75 Å². The first kappa shape index (κ1) is 32.0. The summed E-state index contributed by atoms with van der Waals surface area (Å²) in [5.74, 6) is -0.578. The van der Waals surface area contributed by atoms with E-state index in [0.717, 1.165) is 36.1 Å². The number of nitrogens with zero attached hydrogens (tertiary/aromatic N) is 1. The Labute approximate surface area is 221 Å². The summed E-state index contributed by atoms with van der Waals surface area (Å²) in [6, 6.07) is 1.64. The van der Waals surface area contributed by atoms with Gasteiger partial charge in [0.25, 0.3) is 0 Å². The number of guanidine groups is 1. The van der Waals surface area contributed by atoms with Crippen molar-refractivity contribution >= 4 is 23.4 Å². The van der Waals surface area contributed by atoms with Crippen molar-refractivity contribution in [3.8, 4) is 5.75 Å². The minimum absolute atomic E-state index is 0.0287. The molecule has 1 rings (SSSR count). The van der Waals surface area contributed by atoms with Crippen molar-refractivity contribution in [1.29, 1.82) is 0 Å². The minimum atomic E-state index is -0.833. The maximum atomic E-state index is 13.5. The zero-order chi connectivity index (χ0) is 28.0. The van der Waals surface area contributed by atoms with E-state index in [4.69, 9.17) is 11.5 Å². The number of phenolic OH excluding ortho intramolecular Hbond substituents is 1. The van der Waals surface area contributed by atoms with E-state index in [2.05, 4.69) is 20.9 Å². The monoisotopic (exact) mass is 518 g/mol. The fourth-order valence-electron chi connectivity index (χ4n) is 4.30. The first-order valence-corrected chi connectivity index (χ1v) is 13.0. The Morgan fingerprint density at radius 1 is 1.05 bits per heavy atom. The molecule has 0 aromatic heterocycles. The summed E-state index contributed by atoms with van der Waals surface area (Å²) in [7, 11) is 3.46. The van der Waals surface area contributed by atoms with Crippen LogP contribution in [0.15, 0.2) is 17.1 Å². The van der Waals surface area contributed by atoms with Gasteiger partial charge in [0.2, 0.25) is 5.91 Å².